The molecule has 10 nitrogen and oxygen atoms in total. The minimum atomic E-state index is -3.62. The van der Waals surface area contributed by atoms with Gasteiger partial charge in [-0.1, -0.05) is 17.7 Å². The molecule has 0 atom stereocenters. The first-order valence-electron chi connectivity index (χ1n) is 9.45. The Labute approximate surface area is 184 Å². The normalized spacial score (nSPS) is 15.0. The van der Waals surface area contributed by atoms with Gasteiger partial charge in [-0.05, 0) is 24.6 Å². The summed E-state index contributed by atoms with van der Waals surface area (Å²) < 4.78 is 31.8. The summed E-state index contributed by atoms with van der Waals surface area (Å²) in [6, 6.07) is 4.10. The summed E-state index contributed by atoms with van der Waals surface area (Å²) in [5.41, 5.74) is 0.583. The average Bonchev–Trinajstić information content (AvgIpc) is 2.73. The Morgan fingerprint density at radius 2 is 1.81 bits per heavy atom. The summed E-state index contributed by atoms with van der Waals surface area (Å²) in [5, 5.41) is 9.02. The molecule has 1 fully saturated rings. The van der Waals surface area contributed by atoms with Crippen LogP contribution in [0.15, 0.2) is 30.6 Å². The third-order valence-electron chi connectivity index (χ3n) is 4.68. The highest BCUT2D eigenvalue weighted by molar-refractivity contribution is 7.88. The van der Waals surface area contributed by atoms with Gasteiger partial charge >= 0.3 is 11.9 Å². The summed E-state index contributed by atoms with van der Waals surface area (Å²) in [6.45, 7) is 3.22. The SMILES string of the molecule is CCOC(=O)c1cnc(N2CCN(S(=O)(=O)Cc3ccc(C(=O)O)c(Cl)c3)CC2)nc1. The van der Waals surface area contributed by atoms with Crippen molar-refractivity contribution in [1.82, 2.24) is 14.3 Å². The van der Waals surface area contributed by atoms with Crippen LogP contribution in [0.1, 0.15) is 33.2 Å². The smallest absolute Gasteiger partial charge is 0.341 e. The molecule has 166 valence electrons. The molecule has 1 aromatic heterocycles. The molecule has 1 aliphatic rings. The van der Waals surface area contributed by atoms with Crippen LogP contribution in [0.2, 0.25) is 5.02 Å². The van der Waals surface area contributed by atoms with E-state index in [9.17, 15) is 18.0 Å². The van der Waals surface area contributed by atoms with Gasteiger partial charge < -0.3 is 14.7 Å². The number of hydrogen-bond donors (Lipinski definition) is 1. The maximum atomic E-state index is 12.8. The minimum Gasteiger partial charge on any atom is -0.478 e. The van der Waals surface area contributed by atoms with E-state index >= 15 is 0 Å². The number of anilines is 1. The molecule has 12 heteroatoms. The standard InChI is InChI=1S/C19H21ClN4O6S/c1-2-30-18(27)14-10-21-19(22-11-14)23-5-7-24(8-6-23)31(28,29)12-13-3-4-15(17(25)26)16(20)9-13/h3-4,9-11H,2,5-8,12H2,1H3,(H,25,26). The van der Waals surface area contributed by atoms with Gasteiger partial charge in [0.1, 0.15) is 0 Å². The molecule has 0 amide bonds. The number of carboxylic acid groups (broad SMARTS) is 1. The Morgan fingerprint density at radius 1 is 1.16 bits per heavy atom. The number of sulfonamides is 1. The van der Waals surface area contributed by atoms with Crippen molar-refractivity contribution in [2.45, 2.75) is 12.7 Å². The zero-order valence-corrected chi connectivity index (χ0v) is 18.3. The third-order valence-corrected chi connectivity index (χ3v) is 6.84. The number of esters is 1. The Kier molecular flexibility index (Phi) is 7.08. The van der Waals surface area contributed by atoms with E-state index in [0.29, 0.717) is 24.6 Å². The Balaban J connectivity index is 1.61. The van der Waals surface area contributed by atoms with Crippen LogP contribution in [0.4, 0.5) is 5.95 Å². The van der Waals surface area contributed by atoms with Crippen molar-refractivity contribution in [2.75, 3.05) is 37.7 Å². The molecule has 1 saturated heterocycles. The molecule has 0 saturated carbocycles. The number of piperazine rings is 1. The number of rotatable bonds is 7. The second-order valence-electron chi connectivity index (χ2n) is 6.75. The first-order chi connectivity index (χ1) is 14.7. The highest BCUT2D eigenvalue weighted by atomic mass is 35.5. The summed E-state index contributed by atoms with van der Waals surface area (Å²) in [7, 11) is -3.62. The zero-order chi connectivity index (χ0) is 22.6. The van der Waals surface area contributed by atoms with E-state index in [1.165, 1.54) is 34.9 Å². The molecule has 2 heterocycles. The molecule has 0 spiro atoms. The number of carbonyl (C=O) groups excluding carboxylic acids is 1. The number of hydrogen-bond acceptors (Lipinski definition) is 8. The van der Waals surface area contributed by atoms with E-state index in [0.717, 1.165) is 0 Å². The maximum absolute atomic E-state index is 12.8. The molecule has 0 aliphatic carbocycles. The van der Waals surface area contributed by atoms with Gasteiger partial charge in [-0.15, -0.1) is 0 Å². The highest BCUT2D eigenvalue weighted by Gasteiger charge is 2.28. The zero-order valence-electron chi connectivity index (χ0n) is 16.7. The van der Waals surface area contributed by atoms with Gasteiger partial charge in [0.25, 0.3) is 0 Å². The molecule has 0 unspecified atom stereocenters. The summed E-state index contributed by atoms with van der Waals surface area (Å²) >= 11 is 5.94. The van der Waals surface area contributed by atoms with Gasteiger partial charge in [-0.25, -0.2) is 28.0 Å². The number of benzene rings is 1. The van der Waals surface area contributed by atoms with Gasteiger partial charge in [0.15, 0.2) is 0 Å². The molecule has 3 rings (SSSR count). The molecule has 1 N–H and O–H groups in total. The maximum Gasteiger partial charge on any atom is 0.341 e. The van der Waals surface area contributed by atoms with Crippen molar-refractivity contribution in [3.8, 4) is 0 Å². The van der Waals surface area contributed by atoms with Crippen LogP contribution in [-0.2, 0) is 20.5 Å². The van der Waals surface area contributed by atoms with Crippen LogP contribution in [-0.4, -0.2) is 72.5 Å². The molecule has 1 aromatic carbocycles. The van der Waals surface area contributed by atoms with Crippen LogP contribution in [0.25, 0.3) is 0 Å². The van der Waals surface area contributed by atoms with Gasteiger partial charge in [0, 0.05) is 38.6 Å². The predicted octanol–water partition coefficient (Wildman–Crippen LogP) is 1.66. The molecule has 31 heavy (non-hydrogen) atoms. The summed E-state index contributed by atoms with van der Waals surface area (Å²) in [4.78, 5) is 32.9. The van der Waals surface area contributed by atoms with E-state index in [1.807, 2.05) is 4.90 Å². The van der Waals surface area contributed by atoms with Crippen LogP contribution in [0.5, 0.6) is 0 Å². The lowest BCUT2D eigenvalue weighted by atomic mass is 10.1. The first kappa shape index (κ1) is 22.9. The van der Waals surface area contributed by atoms with Gasteiger partial charge in [-0.3, -0.25) is 0 Å². The van der Waals surface area contributed by atoms with Crippen molar-refractivity contribution in [3.05, 3.63) is 52.3 Å². The van der Waals surface area contributed by atoms with Crippen molar-refractivity contribution in [2.24, 2.45) is 0 Å². The van der Waals surface area contributed by atoms with Gasteiger partial charge in [0.2, 0.25) is 16.0 Å². The molecule has 2 aromatic rings. The number of halogens is 1. The number of aromatic nitrogens is 2. The predicted molar refractivity (Wildman–Crippen MR) is 113 cm³/mol. The Bertz CT molecular complexity index is 1070. The van der Waals surface area contributed by atoms with Crippen molar-refractivity contribution >= 4 is 39.5 Å². The second kappa shape index (κ2) is 9.58. The number of aromatic carboxylic acids is 1. The van der Waals surface area contributed by atoms with Crippen LogP contribution in [0.3, 0.4) is 0 Å². The number of carbonyl (C=O) groups is 2. The van der Waals surface area contributed by atoms with Gasteiger partial charge in [0.05, 0.1) is 28.5 Å². The van der Waals surface area contributed by atoms with Crippen LogP contribution in [0, 0.1) is 0 Å². The summed E-state index contributed by atoms with van der Waals surface area (Å²) in [6.07, 6.45) is 2.77. The third kappa shape index (κ3) is 5.49. The lowest BCUT2D eigenvalue weighted by molar-refractivity contribution is 0.0524. The van der Waals surface area contributed by atoms with E-state index in [1.54, 1.807) is 6.92 Å². The topological polar surface area (TPSA) is 130 Å². The molecule has 0 radical (unpaired) electrons. The first-order valence-corrected chi connectivity index (χ1v) is 11.4. The highest BCUT2D eigenvalue weighted by Crippen LogP contribution is 2.21. The molecular formula is C19H21ClN4O6S. The molecule has 0 bridgehead atoms. The fraction of sp³-hybridized carbons (Fsp3) is 0.368. The van der Waals surface area contributed by atoms with E-state index in [4.69, 9.17) is 21.4 Å². The largest absolute Gasteiger partial charge is 0.478 e. The van der Waals surface area contributed by atoms with Crippen LogP contribution >= 0.6 is 11.6 Å². The number of carboxylic acids is 1. The summed E-state index contributed by atoms with van der Waals surface area (Å²) in [5.74, 6) is -1.55. The fourth-order valence-electron chi connectivity index (χ4n) is 3.09. The lowest BCUT2D eigenvalue weighted by Gasteiger charge is -2.34. The van der Waals surface area contributed by atoms with E-state index in [-0.39, 0.29) is 41.6 Å². The Morgan fingerprint density at radius 3 is 2.35 bits per heavy atom. The molecular weight excluding hydrogens is 448 g/mol. The van der Waals surface area contributed by atoms with Crippen LogP contribution < -0.4 is 4.90 Å². The number of ether oxygens (including phenoxy) is 1. The van der Waals surface area contributed by atoms with Crippen molar-refractivity contribution < 1.29 is 27.9 Å². The van der Waals surface area contributed by atoms with Crippen molar-refractivity contribution in [1.29, 1.82) is 0 Å². The number of nitrogens with zero attached hydrogens (tertiary/aromatic N) is 4. The lowest BCUT2D eigenvalue weighted by Crippen LogP contribution is -2.49. The minimum absolute atomic E-state index is 0.00608. The van der Waals surface area contributed by atoms with E-state index < -0.39 is 22.0 Å². The quantitative estimate of drug-likeness (QED) is 0.602. The monoisotopic (exact) mass is 468 g/mol. The second-order valence-corrected chi connectivity index (χ2v) is 9.13. The van der Waals surface area contributed by atoms with Crippen molar-refractivity contribution in [3.63, 3.8) is 0 Å². The van der Waals surface area contributed by atoms with Gasteiger partial charge in [-0.2, -0.15) is 4.31 Å². The Hall–Kier alpha value is -2.76. The molecule has 1 aliphatic heterocycles. The fourth-order valence-corrected chi connectivity index (χ4v) is 4.88. The van der Waals surface area contributed by atoms with E-state index in [2.05, 4.69) is 9.97 Å². The average molecular weight is 469 g/mol.